The van der Waals surface area contributed by atoms with Gasteiger partial charge >= 0.3 is 0 Å². The van der Waals surface area contributed by atoms with Gasteiger partial charge in [-0.15, -0.1) is 11.3 Å². The molecule has 1 amide bonds. The molecule has 1 aliphatic rings. The summed E-state index contributed by atoms with van der Waals surface area (Å²) < 4.78 is 1.92. The highest BCUT2D eigenvalue weighted by Crippen LogP contribution is 2.29. The van der Waals surface area contributed by atoms with Gasteiger partial charge in [0.1, 0.15) is 5.01 Å². The summed E-state index contributed by atoms with van der Waals surface area (Å²) >= 11 is 1.58. The molecule has 0 radical (unpaired) electrons. The Morgan fingerprint density at radius 1 is 1.36 bits per heavy atom. The molecule has 1 atom stereocenters. The number of amides is 1. The number of hydrogen-bond acceptors (Lipinski definition) is 4. The fourth-order valence-electron chi connectivity index (χ4n) is 3.37. The van der Waals surface area contributed by atoms with E-state index in [9.17, 15) is 4.79 Å². The lowest BCUT2D eigenvalue weighted by Gasteiger charge is -2.23. The number of carbonyl (C=O) groups excluding carboxylic acids is 1. The van der Waals surface area contributed by atoms with Crippen LogP contribution in [0, 0.1) is 0 Å². The number of carbonyl (C=O) groups is 1. The zero-order chi connectivity index (χ0) is 17.2. The summed E-state index contributed by atoms with van der Waals surface area (Å²) in [6.45, 7) is 0. The van der Waals surface area contributed by atoms with Gasteiger partial charge in [-0.1, -0.05) is 30.3 Å². The molecule has 1 unspecified atom stereocenters. The fourth-order valence-corrected chi connectivity index (χ4v) is 4.19. The summed E-state index contributed by atoms with van der Waals surface area (Å²) in [7, 11) is 1.96. The van der Waals surface area contributed by atoms with Crippen molar-refractivity contribution in [2.24, 2.45) is 7.05 Å². The van der Waals surface area contributed by atoms with Crippen molar-refractivity contribution in [3.63, 3.8) is 0 Å². The Bertz CT molecular complexity index is 884. The van der Waals surface area contributed by atoms with E-state index in [2.05, 4.69) is 15.4 Å². The first-order valence-electron chi connectivity index (χ1n) is 8.50. The molecule has 1 aliphatic carbocycles. The summed E-state index contributed by atoms with van der Waals surface area (Å²) in [5.74, 6) is 0.0200. The molecular formula is C19H20N4OS. The molecule has 6 heteroatoms. The van der Waals surface area contributed by atoms with Crippen molar-refractivity contribution in [3.8, 4) is 10.6 Å². The smallest absolute Gasteiger partial charge is 0.226 e. The maximum Gasteiger partial charge on any atom is 0.226 e. The predicted molar refractivity (Wildman–Crippen MR) is 98.3 cm³/mol. The molecule has 0 saturated heterocycles. The van der Waals surface area contributed by atoms with Crippen molar-refractivity contribution in [1.29, 1.82) is 0 Å². The summed E-state index contributed by atoms with van der Waals surface area (Å²) in [6, 6.07) is 10.1. The third-order valence-electron chi connectivity index (χ3n) is 4.63. The third kappa shape index (κ3) is 3.35. The van der Waals surface area contributed by atoms with Gasteiger partial charge in [-0.2, -0.15) is 5.10 Å². The molecule has 1 aromatic carbocycles. The first kappa shape index (κ1) is 16.0. The van der Waals surface area contributed by atoms with Crippen LogP contribution in [0.1, 0.15) is 35.8 Å². The monoisotopic (exact) mass is 352 g/mol. The van der Waals surface area contributed by atoms with E-state index in [-0.39, 0.29) is 11.9 Å². The Morgan fingerprint density at radius 2 is 2.20 bits per heavy atom. The molecule has 0 aliphatic heterocycles. The van der Waals surface area contributed by atoms with Crippen molar-refractivity contribution in [2.45, 2.75) is 31.7 Å². The molecule has 0 spiro atoms. The van der Waals surface area contributed by atoms with E-state index in [0.29, 0.717) is 6.42 Å². The second-order valence-corrected chi connectivity index (χ2v) is 7.23. The van der Waals surface area contributed by atoms with Gasteiger partial charge in [0.25, 0.3) is 0 Å². The first-order valence-corrected chi connectivity index (χ1v) is 9.38. The van der Waals surface area contributed by atoms with Crippen LogP contribution in [0.4, 0.5) is 0 Å². The predicted octanol–water partition coefficient (Wildman–Crippen LogP) is 3.28. The van der Waals surface area contributed by atoms with Crippen LogP contribution in [0.3, 0.4) is 0 Å². The van der Waals surface area contributed by atoms with E-state index >= 15 is 0 Å². The second kappa shape index (κ2) is 6.80. The maximum absolute atomic E-state index is 12.5. The van der Waals surface area contributed by atoms with Crippen LogP contribution in [0.5, 0.6) is 0 Å². The molecule has 0 fully saturated rings. The van der Waals surface area contributed by atoms with E-state index in [1.54, 1.807) is 11.3 Å². The van der Waals surface area contributed by atoms with Crippen molar-refractivity contribution in [2.75, 3.05) is 0 Å². The van der Waals surface area contributed by atoms with Gasteiger partial charge in [-0.05, 0) is 19.3 Å². The number of rotatable bonds is 4. The van der Waals surface area contributed by atoms with E-state index in [1.807, 2.05) is 53.6 Å². The van der Waals surface area contributed by atoms with Crippen molar-refractivity contribution >= 4 is 17.2 Å². The topological polar surface area (TPSA) is 59.8 Å². The van der Waals surface area contributed by atoms with Crippen LogP contribution in [-0.2, 0) is 24.7 Å². The van der Waals surface area contributed by atoms with Gasteiger partial charge < -0.3 is 5.32 Å². The number of fused-ring (bicyclic) bond motifs is 1. The minimum atomic E-state index is 0.0200. The van der Waals surface area contributed by atoms with Crippen LogP contribution in [0.15, 0.2) is 41.9 Å². The second-order valence-electron chi connectivity index (χ2n) is 6.37. The molecule has 4 rings (SSSR count). The van der Waals surface area contributed by atoms with E-state index in [0.717, 1.165) is 41.1 Å². The Labute approximate surface area is 150 Å². The lowest BCUT2D eigenvalue weighted by Crippen LogP contribution is -2.32. The molecule has 2 aromatic heterocycles. The molecule has 2 heterocycles. The summed E-state index contributed by atoms with van der Waals surface area (Å²) in [6.07, 6.45) is 5.28. The standard InChI is InChI=1S/C19H20N4OS/c1-23-17-9-5-8-16(15(17)11-20-23)22-18(24)10-14-12-25-19(21-14)13-6-3-2-4-7-13/h2-4,6-7,11-12,16H,5,8-10H2,1H3,(H,22,24). The molecule has 5 nitrogen and oxygen atoms in total. The van der Waals surface area contributed by atoms with Crippen LogP contribution >= 0.6 is 11.3 Å². The van der Waals surface area contributed by atoms with Crippen LogP contribution in [0.25, 0.3) is 10.6 Å². The van der Waals surface area contributed by atoms with Gasteiger partial charge in [-0.25, -0.2) is 4.98 Å². The number of nitrogens with zero attached hydrogens (tertiary/aromatic N) is 3. The summed E-state index contributed by atoms with van der Waals surface area (Å²) in [4.78, 5) is 17.1. The maximum atomic E-state index is 12.5. The number of thiazole rings is 1. The minimum Gasteiger partial charge on any atom is -0.349 e. The molecule has 25 heavy (non-hydrogen) atoms. The van der Waals surface area contributed by atoms with Gasteiger partial charge in [0.2, 0.25) is 5.91 Å². The molecule has 0 saturated carbocycles. The highest BCUT2D eigenvalue weighted by Gasteiger charge is 2.24. The average molecular weight is 352 g/mol. The van der Waals surface area contributed by atoms with E-state index < -0.39 is 0 Å². The average Bonchev–Trinajstić information content (AvgIpc) is 3.24. The Balaban J connectivity index is 1.43. The number of nitrogens with one attached hydrogen (secondary N) is 1. The molecule has 0 bridgehead atoms. The Hall–Kier alpha value is -2.47. The molecule has 128 valence electrons. The highest BCUT2D eigenvalue weighted by atomic mass is 32.1. The summed E-state index contributed by atoms with van der Waals surface area (Å²) in [5, 5.41) is 10.4. The lowest BCUT2D eigenvalue weighted by molar-refractivity contribution is -0.121. The zero-order valence-electron chi connectivity index (χ0n) is 14.1. The molecule has 1 N–H and O–H groups in total. The molecule has 3 aromatic rings. The number of aryl methyl sites for hydroxylation is 1. The van der Waals surface area contributed by atoms with Gasteiger partial charge in [0.15, 0.2) is 0 Å². The van der Waals surface area contributed by atoms with Crippen molar-refractivity contribution < 1.29 is 4.79 Å². The quantitative estimate of drug-likeness (QED) is 0.784. The summed E-state index contributed by atoms with van der Waals surface area (Å²) in [5.41, 5.74) is 4.30. The number of hydrogen-bond donors (Lipinski definition) is 1. The Kier molecular flexibility index (Phi) is 4.36. The van der Waals surface area contributed by atoms with Gasteiger partial charge in [0, 0.05) is 29.2 Å². The number of benzene rings is 1. The van der Waals surface area contributed by atoms with E-state index in [4.69, 9.17) is 0 Å². The van der Waals surface area contributed by atoms with Crippen LogP contribution in [0.2, 0.25) is 0 Å². The lowest BCUT2D eigenvalue weighted by atomic mass is 9.93. The fraction of sp³-hybridized carbons (Fsp3) is 0.316. The van der Waals surface area contributed by atoms with Gasteiger partial charge in [0.05, 0.1) is 24.4 Å². The van der Waals surface area contributed by atoms with Gasteiger partial charge in [-0.3, -0.25) is 9.48 Å². The zero-order valence-corrected chi connectivity index (χ0v) is 14.9. The normalized spacial score (nSPS) is 16.4. The largest absolute Gasteiger partial charge is 0.349 e. The minimum absolute atomic E-state index is 0.0200. The van der Waals surface area contributed by atoms with Crippen molar-refractivity contribution in [1.82, 2.24) is 20.1 Å². The third-order valence-corrected chi connectivity index (χ3v) is 5.57. The molecular weight excluding hydrogens is 332 g/mol. The van der Waals surface area contributed by atoms with Crippen LogP contribution in [-0.4, -0.2) is 20.7 Å². The highest BCUT2D eigenvalue weighted by molar-refractivity contribution is 7.13. The SMILES string of the molecule is Cn1ncc2c1CCCC2NC(=O)Cc1csc(-c2ccccc2)n1. The Morgan fingerprint density at radius 3 is 3.04 bits per heavy atom. The van der Waals surface area contributed by atoms with E-state index in [1.165, 1.54) is 5.69 Å². The van der Waals surface area contributed by atoms with Crippen LogP contribution < -0.4 is 5.32 Å². The number of aromatic nitrogens is 3. The first-order chi connectivity index (χ1) is 12.2. The van der Waals surface area contributed by atoms with Crippen molar-refractivity contribution in [3.05, 3.63) is 58.9 Å².